The molecule has 7 heteroatoms. The molecule has 0 unspecified atom stereocenters. The molecule has 0 aliphatic heterocycles. The lowest BCUT2D eigenvalue weighted by Gasteiger charge is -2.10. The largest absolute Gasteiger partial charge is 0.504 e. The molecule has 0 saturated carbocycles. The number of hydrogen-bond donors (Lipinski definition) is 1. The lowest BCUT2D eigenvalue weighted by molar-refractivity contribution is -0.385. The first kappa shape index (κ1) is 17.1. The summed E-state index contributed by atoms with van der Waals surface area (Å²) in [6.45, 7) is 0. The lowest BCUT2D eigenvalue weighted by atomic mass is 10.1. The Morgan fingerprint density at radius 2 is 1.62 bits per heavy atom. The molecule has 126 valence electrons. The zero-order valence-corrected chi connectivity index (χ0v) is 13.5. The van der Waals surface area contributed by atoms with E-state index in [1.165, 1.54) is 39.5 Å². The highest BCUT2D eigenvalue weighted by Crippen LogP contribution is 2.38. The Morgan fingerprint density at radius 1 is 0.958 bits per heavy atom. The Morgan fingerprint density at radius 3 is 2.21 bits per heavy atom. The second-order valence-electron chi connectivity index (χ2n) is 4.80. The van der Waals surface area contributed by atoms with Gasteiger partial charge < -0.3 is 19.3 Å². The number of aromatic hydroxyl groups is 1. The third kappa shape index (κ3) is 3.57. The van der Waals surface area contributed by atoms with E-state index >= 15 is 0 Å². The number of nitro groups is 1. The monoisotopic (exact) mass is 331 g/mol. The topological polar surface area (TPSA) is 91.1 Å². The van der Waals surface area contributed by atoms with Gasteiger partial charge in [-0.1, -0.05) is 18.2 Å². The van der Waals surface area contributed by atoms with Crippen molar-refractivity contribution in [2.24, 2.45) is 0 Å². The van der Waals surface area contributed by atoms with E-state index in [0.29, 0.717) is 16.9 Å². The highest BCUT2D eigenvalue weighted by atomic mass is 16.6. The molecule has 0 aliphatic rings. The minimum absolute atomic E-state index is 0.0581. The van der Waals surface area contributed by atoms with Crippen LogP contribution in [0.5, 0.6) is 23.0 Å². The summed E-state index contributed by atoms with van der Waals surface area (Å²) < 4.78 is 15.2. The molecule has 0 heterocycles. The minimum atomic E-state index is -0.502. The Labute approximate surface area is 138 Å². The SMILES string of the molecule is COc1ccc(/C=C\c2cc(O)c(OC)c(OC)c2)cc1[N+](=O)[O-]. The van der Waals surface area contributed by atoms with Crippen LogP contribution in [0.15, 0.2) is 30.3 Å². The van der Waals surface area contributed by atoms with Crippen molar-refractivity contribution in [3.05, 3.63) is 51.6 Å². The van der Waals surface area contributed by atoms with Gasteiger partial charge in [0.1, 0.15) is 0 Å². The maximum absolute atomic E-state index is 11.0. The van der Waals surface area contributed by atoms with E-state index in [1.807, 2.05) is 0 Å². The van der Waals surface area contributed by atoms with Crippen molar-refractivity contribution in [1.82, 2.24) is 0 Å². The van der Waals surface area contributed by atoms with Crippen LogP contribution in [0, 0.1) is 10.1 Å². The molecule has 24 heavy (non-hydrogen) atoms. The number of nitrogens with zero attached hydrogens (tertiary/aromatic N) is 1. The van der Waals surface area contributed by atoms with Crippen LogP contribution < -0.4 is 14.2 Å². The standard InChI is InChI=1S/C17H17NO6/c1-22-15-7-6-11(8-13(15)18(20)21)4-5-12-9-14(19)17(24-3)16(10-12)23-2/h4-10,19H,1-3H3/b5-4-. The highest BCUT2D eigenvalue weighted by molar-refractivity contribution is 5.74. The fourth-order valence-corrected chi connectivity index (χ4v) is 2.21. The summed E-state index contributed by atoms with van der Waals surface area (Å²) in [4.78, 5) is 10.5. The summed E-state index contributed by atoms with van der Waals surface area (Å²) in [7, 11) is 4.28. The van der Waals surface area contributed by atoms with E-state index in [2.05, 4.69) is 0 Å². The van der Waals surface area contributed by atoms with Crippen LogP contribution in [0.1, 0.15) is 11.1 Å². The smallest absolute Gasteiger partial charge is 0.311 e. The van der Waals surface area contributed by atoms with Crippen LogP contribution in [0.25, 0.3) is 12.2 Å². The van der Waals surface area contributed by atoms with Crippen LogP contribution in [0.3, 0.4) is 0 Å². The van der Waals surface area contributed by atoms with Gasteiger partial charge in [0.25, 0.3) is 0 Å². The lowest BCUT2D eigenvalue weighted by Crippen LogP contribution is -1.94. The number of methoxy groups -OCH3 is 3. The third-order valence-corrected chi connectivity index (χ3v) is 3.35. The maximum atomic E-state index is 11.0. The van der Waals surface area contributed by atoms with Gasteiger partial charge in [0, 0.05) is 6.07 Å². The first-order chi connectivity index (χ1) is 11.5. The average molecular weight is 331 g/mol. The van der Waals surface area contributed by atoms with Crippen LogP contribution in [0.2, 0.25) is 0 Å². The third-order valence-electron chi connectivity index (χ3n) is 3.35. The van der Waals surface area contributed by atoms with Gasteiger partial charge in [-0.2, -0.15) is 0 Å². The van der Waals surface area contributed by atoms with E-state index in [9.17, 15) is 15.2 Å². The van der Waals surface area contributed by atoms with E-state index in [1.54, 1.807) is 24.3 Å². The highest BCUT2D eigenvalue weighted by Gasteiger charge is 2.14. The Bertz CT molecular complexity index is 785. The molecule has 0 atom stereocenters. The zero-order chi connectivity index (χ0) is 17.7. The predicted octanol–water partition coefficient (Wildman–Crippen LogP) is 3.50. The number of benzene rings is 2. The first-order valence-corrected chi connectivity index (χ1v) is 6.95. The summed E-state index contributed by atoms with van der Waals surface area (Å²) in [6, 6.07) is 7.84. The number of hydrogen-bond acceptors (Lipinski definition) is 6. The van der Waals surface area contributed by atoms with Gasteiger partial charge in [-0.05, 0) is 29.3 Å². The molecule has 2 aromatic carbocycles. The van der Waals surface area contributed by atoms with Gasteiger partial charge >= 0.3 is 5.69 Å². The zero-order valence-electron chi connectivity index (χ0n) is 13.5. The number of rotatable bonds is 6. The van der Waals surface area contributed by atoms with Crippen molar-refractivity contribution in [2.75, 3.05) is 21.3 Å². The maximum Gasteiger partial charge on any atom is 0.311 e. The van der Waals surface area contributed by atoms with E-state index in [4.69, 9.17) is 14.2 Å². The minimum Gasteiger partial charge on any atom is -0.504 e. The van der Waals surface area contributed by atoms with Crippen molar-refractivity contribution in [1.29, 1.82) is 0 Å². The second kappa shape index (κ2) is 7.36. The van der Waals surface area contributed by atoms with E-state index < -0.39 is 4.92 Å². The van der Waals surface area contributed by atoms with Crippen LogP contribution in [-0.4, -0.2) is 31.4 Å². The number of phenols is 1. The molecular weight excluding hydrogens is 314 g/mol. The Hall–Kier alpha value is -3.22. The summed E-state index contributed by atoms with van der Waals surface area (Å²) in [5, 5.41) is 21.0. The van der Waals surface area contributed by atoms with Gasteiger partial charge in [0.15, 0.2) is 17.2 Å². The van der Waals surface area contributed by atoms with Gasteiger partial charge in [-0.15, -0.1) is 0 Å². The van der Waals surface area contributed by atoms with Crippen molar-refractivity contribution in [3.8, 4) is 23.0 Å². The van der Waals surface area contributed by atoms with Crippen molar-refractivity contribution >= 4 is 17.8 Å². The second-order valence-corrected chi connectivity index (χ2v) is 4.80. The fourth-order valence-electron chi connectivity index (χ4n) is 2.21. The van der Waals surface area contributed by atoms with Crippen molar-refractivity contribution in [3.63, 3.8) is 0 Å². The van der Waals surface area contributed by atoms with E-state index in [-0.39, 0.29) is 22.9 Å². The fraction of sp³-hybridized carbons (Fsp3) is 0.176. The Kier molecular flexibility index (Phi) is 5.26. The van der Waals surface area contributed by atoms with Crippen LogP contribution in [-0.2, 0) is 0 Å². The molecular formula is C17H17NO6. The van der Waals surface area contributed by atoms with Crippen molar-refractivity contribution < 1.29 is 24.2 Å². The van der Waals surface area contributed by atoms with Gasteiger partial charge in [0.05, 0.1) is 26.3 Å². The molecule has 1 N–H and O–H groups in total. The van der Waals surface area contributed by atoms with Gasteiger partial charge in [-0.3, -0.25) is 10.1 Å². The molecule has 0 aliphatic carbocycles. The molecule has 0 radical (unpaired) electrons. The van der Waals surface area contributed by atoms with Gasteiger partial charge in [-0.25, -0.2) is 0 Å². The quantitative estimate of drug-likeness (QED) is 0.495. The van der Waals surface area contributed by atoms with E-state index in [0.717, 1.165) is 0 Å². The molecule has 0 aromatic heterocycles. The molecule has 0 bridgehead atoms. The number of ether oxygens (including phenoxy) is 3. The normalized spacial score (nSPS) is 10.6. The molecule has 0 amide bonds. The van der Waals surface area contributed by atoms with Crippen molar-refractivity contribution in [2.45, 2.75) is 0 Å². The molecule has 2 aromatic rings. The molecule has 0 saturated heterocycles. The summed E-state index contributed by atoms with van der Waals surface area (Å²) in [6.07, 6.45) is 3.39. The van der Waals surface area contributed by atoms with Crippen LogP contribution in [0.4, 0.5) is 5.69 Å². The molecule has 7 nitrogen and oxygen atoms in total. The number of nitro benzene ring substituents is 1. The van der Waals surface area contributed by atoms with Crippen LogP contribution >= 0.6 is 0 Å². The molecule has 2 rings (SSSR count). The van der Waals surface area contributed by atoms with Gasteiger partial charge in [0.2, 0.25) is 5.75 Å². The predicted molar refractivity (Wildman–Crippen MR) is 89.8 cm³/mol. The molecule has 0 fully saturated rings. The molecule has 0 spiro atoms. The number of phenolic OH excluding ortho intramolecular Hbond substituents is 1. The average Bonchev–Trinajstić information content (AvgIpc) is 2.58. The summed E-state index contributed by atoms with van der Waals surface area (Å²) >= 11 is 0. The first-order valence-electron chi connectivity index (χ1n) is 6.95. The Balaban J connectivity index is 2.36. The summed E-state index contributed by atoms with van der Waals surface area (Å²) in [5.74, 6) is 0.769. The summed E-state index contributed by atoms with van der Waals surface area (Å²) in [5.41, 5.74) is 1.16.